The SMILES string of the molecule is Cc1ccc(C2=N[C@H](c3ccc(Cl)cc3)[C@H](c3ccc(Cl)cc3)N2)cc1. The van der Waals surface area contributed by atoms with Crippen molar-refractivity contribution in [3.8, 4) is 0 Å². The molecule has 0 aromatic heterocycles. The lowest BCUT2D eigenvalue weighted by atomic mass is 9.95. The maximum absolute atomic E-state index is 6.06. The highest BCUT2D eigenvalue weighted by Gasteiger charge is 2.31. The summed E-state index contributed by atoms with van der Waals surface area (Å²) in [6, 6.07) is 24.3. The Kier molecular flexibility index (Phi) is 4.71. The summed E-state index contributed by atoms with van der Waals surface area (Å²) in [5.74, 6) is 0.907. The molecule has 26 heavy (non-hydrogen) atoms. The molecule has 2 nitrogen and oxygen atoms in total. The molecule has 0 fully saturated rings. The highest BCUT2D eigenvalue weighted by Crippen LogP contribution is 2.37. The summed E-state index contributed by atoms with van der Waals surface area (Å²) in [4.78, 5) is 5.00. The van der Waals surface area contributed by atoms with Crippen molar-refractivity contribution in [3.63, 3.8) is 0 Å². The monoisotopic (exact) mass is 380 g/mol. The summed E-state index contributed by atoms with van der Waals surface area (Å²) >= 11 is 12.1. The van der Waals surface area contributed by atoms with Gasteiger partial charge in [-0.1, -0.05) is 77.3 Å². The zero-order valence-electron chi connectivity index (χ0n) is 14.3. The average Bonchev–Trinajstić information content (AvgIpc) is 3.09. The molecule has 0 aliphatic carbocycles. The Bertz CT molecular complexity index is 929. The molecule has 1 N–H and O–H groups in total. The van der Waals surface area contributed by atoms with Crippen LogP contribution in [0.25, 0.3) is 0 Å². The number of rotatable bonds is 3. The van der Waals surface area contributed by atoms with Crippen LogP contribution in [-0.4, -0.2) is 5.84 Å². The minimum Gasteiger partial charge on any atom is -0.361 e. The Morgan fingerprint density at radius 2 is 1.27 bits per heavy atom. The van der Waals surface area contributed by atoms with Crippen molar-refractivity contribution < 1.29 is 0 Å². The molecule has 3 aromatic rings. The second-order valence-corrected chi connectivity index (χ2v) is 7.39. The molecule has 1 aliphatic rings. The lowest BCUT2D eigenvalue weighted by Gasteiger charge is -2.20. The third kappa shape index (κ3) is 3.48. The number of benzene rings is 3. The van der Waals surface area contributed by atoms with Crippen LogP contribution in [0, 0.1) is 6.92 Å². The van der Waals surface area contributed by atoms with Crippen molar-refractivity contribution in [2.24, 2.45) is 4.99 Å². The Balaban J connectivity index is 1.74. The van der Waals surface area contributed by atoms with Crippen LogP contribution < -0.4 is 5.32 Å². The number of halogens is 2. The summed E-state index contributed by atoms with van der Waals surface area (Å²) in [7, 11) is 0. The molecule has 0 unspecified atom stereocenters. The van der Waals surface area contributed by atoms with Crippen LogP contribution in [0.1, 0.15) is 34.3 Å². The lowest BCUT2D eigenvalue weighted by molar-refractivity contribution is 0.572. The van der Waals surface area contributed by atoms with Gasteiger partial charge in [0.1, 0.15) is 11.9 Å². The molecule has 0 radical (unpaired) electrons. The topological polar surface area (TPSA) is 24.4 Å². The van der Waals surface area contributed by atoms with E-state index in [2.05, 4.69) is 48.6 Å². The Morgan fingerprint density at radius 3 is 1.85 bits per heavy atom. The number of nitrogens with one attached hydrogen (secondary N) is 1. The smallest absolute Gasteiger partial charge is 0.129 e. The van der Waals surface area contributed by atoms with Crippen molar-refractivity contribution in [1.29, 1.82) is 0 Å². The van der Waals surface area contributed by atoms with Crippen LogP contribution in [0.15, 0.2) is 77.8 Å². The largest absolute Gasteiger partial charge is 0.361 e. The van der Waals surface area contributed by atoms with E-state index in [1.807, 2.05) is 36.4 Å². The second-order valence-electron chi connectivity index (χ2n) is 6.51. The molecule has 0 saturated carbocycles. The Hall–Kier alpha value is -2.29. The molecular weight excluding hydrogens is 363 g/mol. The third-order valence-electron chi connectivity index (χ3n) is 4.64. The van der Waals surface area contributed by atoms with E-state index in [9.17, 15) is 0 Å². The van der Waals surface area contributed by atoms with Crippen molar-refractivity contribution in [2.45, 2.75) is 19.0 Å². The molecule has 0 saturated heterocycles. The first-order valence-corrected chi connectivity index (χ1v) is 9.28. The molecule has 1 aliphatic heterocycles. The van der Waals surface area contributed by atoms with Gasteiger partial charge in [0.2, 0.25) is 0 Å². The number of hydrogen-bond acceptors (Lipinski definition) is 2. The van der Waals surface area contributed by atoms with Crippen molar-refractivity contribution in [1.82, 2.24) is 5.32 Å². The van der Waals surface area contributed by atoms with Gasteiger partial charge in [0.05, 0.1) is 6.04 Å². The fourth-order valence-corrected chi connectivity index (χ4v) is 3.46. The summed E-state index contributed by atoms with van der Waals surface area (Å²) in [5.41, 5.74) is 4.60. The molecule has 0 amide bonds. The van der Waals surface area contributed by atoms with Crippen LogP contribution in [0.2, 0.25) is 10.0 Å². The van der Waals surface area contributed by atoms with E-state index in [1.54, 1.807) is 0 Å². The van der Waals surface area contributed by atoms with E-state index in [0.29, 0.717) is 0 Å². The fraction of sp³-hybridized carbons (Fsp3) is 0.136. The van der Waals surface area contributed by atoms with Crippen LogP contribution in [-0.2, 0) is 0 Å². The van der Waals surface area contributed by atoms with E-state index in [4.69, 9.17) is 28.2 Å². The minimum atomic E-state index is -0.0234. The van der Waals surface area contributed by atoms with Gasteiger partial charge < -0.3 is 5.32 Å². The van der Waals surface area contributed by atoms with Crippen molar-refractivity contribution >= 4 is 29.0 Å². The van der Waals surface area contributed by atoms with E-state index < -0.39 is 0 Å². The number of aliphatic imine (C=N–C) groups is 1. The number of nitrogens with zero attached hydrogens (tertiary/aromatic N) is 1. The maximum atomic E-state index is 6.06. The van der Waals surface area contributed by atoms with Gasteiger partial charge in [-0.25, -0.2) is 0 Å². The molecule has 4 heteroatoms. The molecule has 1 heterocycles. The molecule has 3 aromatic carbocycles. The molecular formula is C22H18Cl2N2. The first kappa shape index (κ1) is 17.1. The predicted molar refractivity (Wildman–Crippen MR) is 109 cm³/mol. The fourth-order valence-electron chi connectivity index (χ4n) is 3.21. The van der Waals surface area contributed by atoms with Gasteiger partial charge in [-0.2, -0.15) is 0 Å². The van der Waals surface area contributed by atoms with Crippen molar-refractivity contribution in [2.75, 3.05) is 0 Å². The molecule has 4 rings (SSSR count). The van der Waals surface area contributed by atoms with E-state index in [-0.39, 0.29) is 12.1 Å². The molecule has 0 spiro atoms. The van der Waals surface area contributed by atoms with Crippen LogP contribution in [0.5, 0.6) is 0 Å². The minimum absolute atomic E-state index is 0.0234. The highest BCUT2D eigenvalue weighted by atomic mass is 35.5. The van der Waals surface area contributed by atoms with Crippen molar-refractivity contribution in [3.05, 3.63) is 105 Å². The van der Waals surface area contributed by atoms with Gasteiger partial charge >= 0.3 is 0 Å². The van der Waals surface area contributed by atoms with Crippen LogP contribution >= 0.6 is 23.2 Å². The Labute approximate surface area is 163 Å². The first-order valence-electron chi connectivity index (χ1n) is 8.52. The van der Waals surface area contributed by atoms with E-state index in [0.717, 1.165) is 32.6 Å². The first-order chi connectivity index (χ1) is 12.6. The lowest BCUT2D eigenvalue weighted by Crippen LogP contribution is -2.25. The van der Waals surface area contributed by atoms with Gasteiger partial charge in [-0.15, -0.1) is 0 Å². The predicted octanol–water partition coefficient (Wildman–Crippen LogP) is 6.13. The summed E-state index contributed by atoms with van der Waals surface area (Å²) in [6.07, 6.45) is 0. The maximum Gasteiger partial charge on any atom is 0.129 e. The highest BCUT2D eigenvalue weighted by molar-refractivity contribution is 6.30. The Morgan fingerprint density at radius 1 is 0.731 bits per heavy atom. The number of hydrogen-bond donors (Lipinski definition) is 1. The zero-order valence-corrected chi connectivity index (χ0v) is 15.8. The summed E-state index contributed by atoms with van der Waals surface area (Å²) < 4.78 is 0. The standard InChI is InChI=1S/C22H18Cl2N2/c1-14-2-4-17(5-3-14)22-25-20(15-6-10-18(23)11-7-15)21(26-22)16-8-12-19(24)13-9-16/h2-13,20-21H,1H3,(H,25,26)/t20-,21+. The third-order valence-corrected chi connectivity index (χ3v) is 5.15. The molecule has 0 bridgehead atoms. The zero-order chi connectivity index (χ0) is 18.1. The van der Waals surface area contributed by atoms with Crippen LogP contribution in [0.3, 0.4) is 0 Å². The second kappa shape index (κ2) is 7.14. The molecule has 2 atom stereocenters. The molecule has 130 valence electrons. The van der Waals surface area contributed by atoms with E-state index in [1.165, 1.54) is 5.56 Å². The van der Waals surface area contributed by atoms with Gasteiger partial charge in [0.25, 0.3) is 0 Å². The number of aryl methyl sites for hydroxylation is 1. The quantitative estimate of drug-likeness (QED) is 0.580. The number of amidine groups is 1. The van der Waals surface area contributed by atoms with Crippen LogP contribution in [0.4, 0.5) is 0 Å². The van der Waals surface area contributed by atoms with Gasteiger partial charge in [0, 0.05) is 15.6 Å². The summed E-state index contributed by atoms with van der Waals surface area (Å²) in [6.45, 7) is 2.08. The van der Waals surface area contributed by atoms with E-state index >= 15 is 0 Å². The van der Waals surface area contributed by atoms with Gasteiger partial charge in [-0.3, -0.25) is 4.99 Å². The average molecular weight is 381 g/mol. The summed E-state index contributed by atoms with van der Waals surface area (Å²) in [5, 5.41) is 5.06. The normalized spacial score (nSPS) is 19.1. The van der Waals surface area contributed by atoms with Gasteiger partial charge in [0.15, 0.2) is 0 Å². The van der Waals surface area contributed by atoms with Gasteiger partial charge in [-0.05, 0) is 42.3 Å².